The first-order chi connectivity index (χ1) is 7.70. The summed E-state index contributed by atoms with van der Waals surface area (Å²) in [5.74, 6) is 0.292. The molecule has 0 aliphatic carbocycles. The van der Waals surface area contributed by atoms with Gasteiger partial charge in [0, 0.05) is 12.6 Å². The van der Waals surface area contributed by atoms with Crippen molar-refractivity contribution >= 4 is 18.3 Å². The molecule has 1 rings (SSSR count). The van der Waals surface area contributed by atoms with Gasteiger partial charge in [-0.25, -0.2) is 0 Å². The number of rotatable bonds is 5. The fourth-order valence-electron chi connectivity index (χ4n) is 2.41. The second-order valence-corrected chi connectivity index (χ2v) is 4.77. The number of piperidine rings is 1. The molecule has 0 spiro atoms. The molecule has 1 aliphatic heterocycles. The molecule has 1 heterocycles. The second-order valence-electron chi connectivity index (χ2n) is 4.77. The Morgan fingerprint density at radius 1 is 1.41 bits per heavy atom. The minimum Gasteiger partial charge on any atom is -0.338 e. The van der Waals surface area contributed by atoms with Crippen molar-refractivity contribution in [2.24, 2.45) is 0 Å². The van der Waals surface area contributed by atoms with Crippen LogP contribution >= 0.6 is 12.4 Å². The third-order valence-corrected chi connectivity index (χ3v) is 3.45. The Balaban J connectivity index is 0.00000256. The van der Waals surface area contributed by atoms with E-state index in [4.69, 9.17) is 0 Å². The van der Waals surface area contributed by atoms with E-state index in [0.29, 0.717) is 11.9 Å². The highest BCUT2D eigenvalue weighted by Gasteiger charge is 2.27. The van der Waals surface area contributed by atoms with E-state index >= 15 is 0 Å². The molecule has 1 fully saturated rings. The molecule has 1 saturated heterocycles. The Morgan fingerprint density at radius 2 is 2.12 bits per heavy atom. The molecule has 102 valence electrons. The standard InChI is InChI=1S/C13H26N2O.ClH/c1-4-9-14-11(3)13(16)15-10-7-6-8-12(15)5-2;/h11-12,14H,4-10H2,1-3H3;1H. The normalized spacial score (nSPS) is 21.8. The lowest BCUT2D eigenvalue weighted by molar-refractivity contribution is -0.136. The molecule has 1 aliphatic rings. The third-order valence-electron chi connectivity index (χ3n) is 3.45. The molecule has 17 heavy (non-hydrogen) atoms. The molecule has 1 amide bonds. The molecule has 4 heteroatoms. The Bertz CT molecular complexity index is 223. The summed E-state index contributed by atoms with van der Waals surface area (Å²) in [6, 6.07) is 0.458. The number of carbonyl (C=O) groups is 1. The smallest absolute Gasteiger partial charge is 0.239 e. The summed E-state index contributed by atoms with van der Waals surface area (Å²) in [4.78, 5) is 14.3. The van der Waals surface area contributed by atoms with Gasteiger partial charge < -0.3 is 10.2 Å². The van der Waals surface area contributed by atoms with Gasteiger partial charge in [0.2, 0.25) is 5.91 Å². The van der Waals surface area contributed by atoms with Gasteiger partial charge in [-0.1, -0.05) is 13.8 Å². The Labute approximate surface area is 112 Å². The minimum atomic E-state index is -0.0212. The molecule has 0 radical (unpaired) electrons. The van der Waals surface area contributed by atoms with Gasteiger partial charge in [-0.05, 0) is 45.6 Å². The summed E-state index contributed by atoms with van der Waals surface area (Å²) in [5, 5.41) is 3.28. The summed E-state index contributed by atoms with van der Waals surface area (Å²) < 4.78 is 0. The van der Waals surface area contributed by atoms with Crippen LogP contribution in [0.25, 0.3) is 0 Å². The average molecular weight is 263 g/mol. The summed E-state index contributed by atoms with van der Waals surface area (Å²) in [5.41, 5.74) is 0. The molecular formula is C13H27ClN2O. The summed E-state index contributed by atoms with van der Waals surface area (Å²) in [7, 11) is 0. The fourth-order valence-corrected chi connectivity index (χ4v) is 2.41. The van der Waals surface area contributed by atoms with Gasteiger partial charge >= 0.3 is 0 Å². The number of nitrogens with one attached hydrogen (secondary N) is 1. The number of likely N-dealkylation sites (tertiary alicyclic amines) is 1. The molecule has 2 atom stereocenters. The predicted molar refractivity (Wildman–Crippen MR) is 74.6 cm³/mol. The van der Waals surface area contributed by atoms with E-state index in [2.05, 4.69) is 24.1 Å². The van der Waals surface area contributed by atoms with E-state index in [-0.39, 0.29) is 18.4 Å². The quantitative estimate of drug-likeness (QED) is 0.826. The fraction of sp³-hybridized carbons (Fsp3) is 0.923. The largest absolute Gasteiger partial charge is 0.338 e. The van der Waals surface area contributed by atoms with Crippen LogP contribution in [-0.4, -0.2) is 36.0 Å². The van der Waals surface area contributed by atoms with Crippen molar-refractivity contribution < 1.29 is 4.79 Å². The minimum absolute atomic E-state index is 0. The highest BCUT2D eigenvalue weighted by Crippen LogP contribution is 2.20. The molecule has 0 aromatic carbocycles. The molecule has 0 aromatic heterocycles. The van der Waals surface area contributed by atoms with Gasteiger partial charge in [-0.2, -0.15) is 0 Å². The highest BCUT2D eigenvalue weighted by atomic mass is 35.5. The highest BCUT2D eigenvalue weighted by molar-refractivity contribution is 5.85. The van der Waals surface area contributed by atoms with E-state index in [1.807, 2.05) is 6.92 Å². The second kappa shape index (κ2) is 8.76. The van der Waals surface area contributed by atoms with E-state index in [0.717, 1.165) is 25.9 Å². The molecular weight excluding hydrogens is 236 g/mol. The molecule has 0 aromatic rings. The number of carbonyl (C=O) groups excluding carboxylic acids is 1. The van der Waals surface area contributed by atoms with Crippen molar-refractivity contribution in [2.75, 3.05) is 13.1 Å². The van der Waals surface area contributed by atoms with E-state index < -0.39 is 0 Å². The first kappa shape index (κ1) is 16.7. The van der Waals surface area contributed by atoms with Crippen molar-refractivity contribution in [3.63, 3.8) is 0 Å². The van der Waals surface area contributed by atoms with Crippen molar-refractivity contribution in [1.29, 1.82) is 0 Å². The van der Waals surface area contributed by atoms with Crippen LogP contribution in [0.3, 0.4) is 0 Å². The van der Waals surface area contributed by atoms with E-state index in [9.17, 15) is 4.79 Å². The zero-order valence-corrected chi connectivity index (χ0v) is 12.2. The zero-order chi connectivity index (χ0) is 12.0. The molecule has 1 N–H and O–H groups in total. The number of hydrogen-bond donors (Lipinski definition) is 1. The van der Waals surface area contributed by atoms with Crippen LogP contribution in [0.1, 0.15) is 52.9 Å². The van der Waals surface area contributed by atoms with Gasteiger partial charge in [-0.15, -0.1) is 12.4 Å². The van der Waals surface area contributed by atoms with E-state index in [1.165, 1.54) is 19.3 Å². The van der Waals surface area contributed by atoms with Crippen molar-refractivity contribution in [3.8, 4) is 0 Å². The topological polar surface area (TPSA) is 32.3 Å². The van der Waals surface area contributed by atoms with Crippen LogP contribution in [0.15, 0.2) is 0 Å². The number of hydrogen-bond acceptors (Lipinski definition) is 2. The Hall–Kier alpha value is -0.280. The lowest BCUT2D eigenvalue weighted by atomic mass is 9.99. The molecule has 0 bridgehead atoms. The molecule has 2 unspecified atom stereocenters. The van der Waals surface area contributed by atoms with E-state index in [1.54, 1.807) is 0 Å². The lowest BCUT2D eigenvalue weighted by Gasteiger charge is -2.37. The predicted octanol–water partition coefficient (Wildman–Crippen LogP) is 2.59. The number of amides is 1. The van der Waals surface area contributed by atoms with Crippen molar-refractivity contribution in [1.82, 2.24) is 10.2 Å². The molecule has 0 saturated carbocycles. The van der Waals surface area contributed by atoms with Crippen molar-refractivity contribution in [2.45, 2.75) is 65.0 Å². The third kappa shape index (κ3) is 4.84. The maximum atomic E-state index is 12.2. The first-order valence-corrected chi connectivity index (χ1v) is 6.74. The monoisotopic (exact) mass is 262 g/mol. The summed E-state index contributed by atoms with van der Waals surface area (Å²) >= 11 is 0. The zero-order valence-electron chi connectivity index (χ0n) is 11.4. The number of halogens is 1. The van der Waals surface area contributed by atoms with Gasteiger partial charge in [-0.3, -0.25) is 4.79 Å². The number of nitrogens with zero attached hydrogens (tertiary/aromatic N) is 1. The first-order valence-electron chi connectivity index (χ1n) is 6.74. The maximum absolute atomic E-state index is 12.2. The van der Waals surface area contributed by atoms with Gasteiger partial charge in [0.1, 0.15) is 0 Å². The average Bonchev–Trinajstić information content (AvgIpc) is 2.34. The van der Waals surface area contributed by atoms with Crippen LogP contribution in [-0.2, 0) is 4.79 Å². The van der Waals surface area contributed by atoms with Gasteiger partial charge in [0.15, 0.2) is 0 Å². The molecule has 3 nitrogen and oxygen atoms in total. The SMILES string of the molecule is CCCNC(C)C(=O)N1CCCCC1CC.Cl. The van der Waals surface area contributed by atoms with Gasteiger partial charge in [0.05, 0.1) is 6.04 Å². The van der Waals surface area contributed by atoms with Crippen molar-refractivity contribution in [3.05, 3.63) is 0 Å². The summed E-state index contributed by atoms with van der Waals surface area (Å²) in [6.07, 6.45) is 5.80. The summed E-state index contributed by atoms with van der Waals surface area (Å²) in [6.45, 7) is 8.17. The Morgan fingerprint density at radius 3 is 2.71 bits per heavy atom. The van der Waals surface area contributed by atoms with Crippen LogP contribution in [0.4, 0.5) is 0 Å². The van der Waals surface area contributed by atoms with Crippen LogP contribution in [0.2, 0.25) is 0 Å². The maximum Gasteiger partial charge on any atom is 0.239 e. The van der Waals surface area contributed by atoms with Crippen LogP contribution < -0.4 is 5.32 Å². The lowest BCUT2D eigenvalue weighted by Crippen LogP contribution is -2.51. The van der Waals surface area contributed by atoms with Gasteiger partial charge in [0.25, 0.3) is 0 Å². The van der Waals surface area contributed by atoms with Crippen LogP contribution in [0, 0.1) is 0 Å². The Kier molecular flexibility index (Phi) is 8.61. The van der Waals surface area contributed by atoms with Crippen LogP contribution in [0.5, 0.6) is 0 Å².